The van der Waals surface area contributed by atoms with Gasteiger partial charge in [0.1, 0.15) is 6.17 Å². The first kappa shape index (κ1) is 8.75. The molecule has 0 aromatic carbocycles. The molecule has 0 saturated carbocycles. The lowest BCUT2D eigenvalue weighted by Gasteiger charge is -2.32. The molecule has 0 amide bonds. The molecule has 3 heteroatoms. The van der Waals surface area contributed by atoms with E-state index in [-0.39, 0.29) is 5.41 Å². The molecule has 2 rings (SSSR count). The Kier molecular flexibility index (Phi) is 2.12. The fourth-order valence-electron chi connectivity index (χ4n) is 1.91. The first-order valence-electron chi connectivity index (χ1n) is 4.96. The van der Waals surface area contributed by atoms with Crippen molar-refractivity contribution in [2.45, 2.75) is 26.4 Å². The van der Waals surface area contributed by atoms with Gasteiger partial charge in [0.15, 0.2) is 0 Å². The SMILES string of the molecule is CC[C@]1(C)C=NN2CC=CCN[C@H]21. The number of nitrogens with one attached hydrogen (secondary N) is 1. The minimum Gasteiger partial charge on any atom is -0.292 e. The van der Waals surface area contributed by atoms with Crippen molar-refractivity contribution < 1.29 is 0 Å². The molecule has 0 fully saturated rings. The third-order valence-corrected chi connectivity index (χ3v) is 3.07. The quantitative estimate of drug-likeness (QED) is 0.612. The topological polar surface area (TPSA) is 27.6 Å². The third kappa shape index (κ3) is 1.37. The molecule has 3 nitrogen and oxygen atoms in total. The van der Waals surface area contributed by atoms with Gasteiger partial charge in [0.25, 0.3) is 0 Å². The van der Waals surface area contributed by atoms with Gasteiger partial charge in [-0.3, -0.25) is 10.3 Å². The van der Waals surface area contributed by atoms with Crippen LogP contribution in [0.15, 0.2) is 17.3 Å². The maximum absolute atomic E-state index is 4.44. The normalized spacial score (nSPS) is 37.7. The standard InChI is InChI=1S/C10H17N3/c1-3-10(2)8-12-13-7-5-4-6-11-9(10)13/h4-5,8-9,11H,3,6-7H2,1-2H3/t9-,10-/m1/s1. The molecule has 0 saturated heterocycles. The second-order valence-electron chi connectivity index (χ2n) is 4.01. The van der Waals surface area contributed by atoms with Crippen molar-refractivity contribution in [1.29, 1.82) is 0 Å². The highest BCUT2D eigenvalue weighted by atomic mass is 15.5. The average Bonchev–Trinajstić information content (AvgIpc) is 2.38. The van der Waals surface area contributed by atoms with Gasteiger partial charge in [-0.25, -0.2) is 0 Å². The van der Waals surface area contributed by atoms with E-state index in [0.717, 1.165) is 19.5 Å². The van der Waals surface area contributed by atoms with Crippen LogP contribution in [0.1, 0.15) is 20.3 Å². The van der Waals surface area contributed by atoms with Crippen LogP contribution in [0.3, 0.4) is 0 Å². The van der Waals surface area contributed by atoms with Crippen molar-refractivity contribution in [3.8, 4) is 0 Å². The van der Waals surface area contributed by atoms with Crippen molar-refractivity contribution in [2.75, 3.05) is 13.1 Å². The lowest BCUT2D eigenvalue weighted by Crippen LogP contribution is -2.48. The van der Waals surface area contributed by atoms with Gasteiger partial charge >= 0.3 is 0 Å². The number of fused-ring (bicyclic) bond motifs is 1. The highest BCUT2D eigenvalue weighted by Gasteiger charge is 2.39. The summed E-state index contributed by atoms with van der Waals surface area (Å²) in [7, 11) is 0. The maximum atomic E-state index is 4.44. The molecule has 2 heterocycles. The zero-order valence-corrected chi connectivity index (χ0v) is 8.33. The van der Waals surface area contributed by atoms with Crippen LogP contribution in [0.2, 0.25) is 0 Å². The minimum atomic E-state index is 0.200. The molecule has 2 aliphatic heterocycles. The monoisotopic (exact) mass is 179 g/mol. The molecule has 0 aliphatic carbocycles. The zero-order chi connectivity index (χ0) is 9.31. The largest absolute Gasteiger partial charge is 0.292 e. The Bertz CT molecular complexity index is 247. The van der Waals surface area contributed by atoms with Crippen molar-refractivity contribution in [2.24, 2.45) is 10.5 Å². The summed E-state index contributed by atoms with van der Waals surface area (Å²) in [4.78, 5) is 0. The first-order valence-corrected chi connectivity index (χ1v) is 4.96. The van der Waals surface area contributed by atoms with Crippen molar-refractivity contribution in [3.05, 3.63) is 12.2 Å². The van der Waals surface area contributed by atoms with Gasteiger partial charge in [0.05, 0.1) is 6.54 Å². The molecule has 1 N–H and O–H groups in total. The number of hydrogen-bond acceptors (Lipinski definition) is 3. The molecule has 0 spiro atoms. The summed E-state index contributed by atoms with van der Waals surface area (Å²) < 4.78 is 0. The Morgan fingerprint density at radius 3 is 3.23 bits per heavy atom. The van der Waals surface area contributed by atoms with E-state index in [1.54, 1.807) is 0 Å². The summed E-state index contributed by atoms with van der Waals surface area (Å²) in [6, 6.07) is 0. The summed E-state index contributed by atoms with van der Waals surface area (Å²) in [5, 5.41) is 10.1. The van der Waals surface area contributed by atoms with Crippen LogP contribution in [0.5, 0.6) is 0 Å². The number of hydrogen-bond donors (Lipinski definition) is 1. The Morgan fingerprint density at radius 2 is 2.46 bits per heavy atom. The highest BCUT2D eigenvalue weighted by molar-refractivity contribution is 5.68. The average molecular weight is 179 g/mol. The highest BCUT2D eigenvalue weighted by Crippen LogP contribution is 2.31. The summed E-state index contributed by atoms with van der Waals surface area (Å²) in [5.41, 5.74) is 0.200. The van der Waals surface area contributed by atoms with E-state index in [1.807, 2.05) is 0 Å². The van der Waals surface area contributed by atoms with Gasteiger partial charge in [-0.15, -0.1) is 0 Å². The van der Waals surface area contributed by atoms with Crippen LogP contribution >= 0.6 is 0 Å². The van der Waals surface area contributed by atoms with E-state index in [1.165, 1.54) is 0 Å². The molecule has 0 aromatic heterocycles. The first-order chi connectivity index (χ1) is 6.26. The molecule has 2 aliphatic rings. The summed E-state index contributed by atoms with van der Waals surface area (Å²) >= 11 is 0. The fourth-order valence-corrected chi connectivity index (χ4v) is 1.91. The second-order valence-corrected chi connectivity index (χ2v) is 4.01. The number of nitrogens with zero attached hydrogens (tertiary/aromatic N) is 2. The van der Waals surface area contributed by atoms with Gasteiger partial charge in [-0.05, 0) is 6.42 Å². The van der Waals surface area contributed by atoms with Crippen molar-refractivity contribution >= 4 is 6.21 Å². The molecular weight excluding hydrogens is 162 g/mol. The smallest absolute Gasteiger partial charge is 0.107 e. The van der Waals surface area contributed by atoms with Crippen LogP contribution in [-0.4, -0.2) is 30.5 Å². The van der Waals surface area contributed by atoms with Crippen LogP contribution < -0.4 is 5.32 Å². The van der Waals surface area contributed by atoms with Crippen LogP contribution in [0, 0.1) is 5.41 Å². The van der Waals surface area contributed by atoms with Crippen LogP contribution in [0.4, 0.5) is 0 Å². The molecule has 0 radical (unpaired) electrons. The summed E-state index contributed by atoms with van der Waals surface area (Å²) in [6.07, 6.45) is 7.94. The van der Waals surface area contributed by atoms with Gasteiger partial charge in [0.2, 0.25) is 0 Å². The molecule has 0 unspecified atom stereocenters. The van der Waals surface area contributed by atoms with Gasteiger partial charge in [-0.2, -0.15) is 5.10 Å². The molecule has 72 valence electrons. The van der Waals surface area contributed by atoms with Crippen LogP contribution in [-0.2, 0) is 0 Å². The van der Waals surface area contributed by atoms with Crippen molar-refractivity contribution in [3.63, 3.8) is 0 Å². The Balaban J connectivity index is 2.18. The third-order valence-electron chi connectivity index (χ3n) is 3.07. The van der Waals surface area contributed by atoms with Crippen molar-refractivity contribution in [1.82, 2.24) is 10.3 Å². The van der Waals surface area contributed by atoms with E-state index in [4.69, 9.17) is 0 Å². The maximum Gasteiger partial charge on any atom is 0.107 e. The van der Waals surface area contributed by atoms with Gasteiger partial charge in [0, 0.05) is 18.2 Å². The number of hydrazone groups is 1. The Hall–Kier alpha value is -0.830. The van der Waals surface area contributed by atoms with Gasteiger partial charge < -0.3 is 0 Å². The minimum absolute atomic E-state index is 0.200. The molecule has 0 aromatic rings. The van der Waals surface area contributed by atoms with Crippen LogP contribution in [0.25, 0.3) is 0 Å². The zero-order valence-electron chi connectivity index (χ0n) is 8.33. The van der Waals surface area contributed by atoms with E-state index >= 15 is 0 Å². The Morgan fingerprint density at radius 1 is 1.62 bits per heavy atom. The van der Waals surface area contributed by atoms with E-state index in [2.05, 4.69) is 47.6 Å². The molecule has 2 atom stereocenters. The summed E-state index contributed by atoms with van der Waals surface area (Å²) in [6.45, 7) is 6.37. The van der Waals surface area contributed by atoms with Gasteiger partial charge in [-0.1, -0.05) is 26.0 Å². The predicted molar refractivity (Wildman–Crippen MR) is 54.5 cm³/mol. The lowest BCUT2D eigenvalue weighted by molar-refractivity contribution is 0.141. The van der Waals surface area contributed by atoms with E-state index in [0.29, 0.717) is 6.17 Å². The number of rotatable bonds is 1. The lowest BCUT2D eigenvalue weighted by atomic mass is 9.86. The second kappa shape index (κ2) is 3.14. The molecule has 13 heavy (non-hydrogen) atoms. The molecular formula is C10H17N3. The van der Waals surface area contributed by atoms with E-state index in [9.17, 15) is 0 Å². The summed E-state index contributed by atoms with van der Waals surface area (Å²) in [5.74, 6) is 0. The Labute approximate surface area is 79.5 Å². The fraction of sp³-hybridized carbons (Fsp3) is 0.700. The predicted octanol–water partition coefficient (Wildman–Crippen LogP) is 1.19. The van der Waals surface area contributed by atoms with E-state index < -0.39 is 0 Å². The molecule has 0 bridgehead atoms.